The van der Waals surface area contributed by atoms with Crippen LogP contribution in [-0.2, 0) is 0 Å². The minimum Gasteiger partial charge on any atom is -0.383 e. The number of nitrogens with zero attached hydrogens (tertiary/aromatic N) is 1. The van der Waals surface area contributed by atoms with Crippen LogP contribution < -0.4 is 10.6 Å². The summed E-state index contributed by atoms with van der Waals surface area (Å²) in [5, 5.41) is 15.6. The summed E-state index contributed by atoms with van der Waals surface area (Å²) < 4.78 is 0.924. The molecule has 0 aliphatic heterocycles. The second-order valence-electron chi connectivity index (χ2n) is 4.91. The van der Waals surface area contributed by atoms with E-state index in [1.54, 1.807) is 0 Å². The number of hydrogen-bond donors (Lipinski definition) is 2. The predicted octanol–water partition coefficient (Wildman–Crippen LogP) is 3.12. The third-order valence-electron chi connectivity index (χ3n) is 2.20. The number of nitrogens with one attached hydrogen (secondary N) is 2. The molecule has 17 heavy (non-hydrogen) atoms. The van der Waals surface area contributed by atoms with Crippen molar-refractivity contribution in [2.24, 2.45) is 0 Å². The molecule has 0 bridgehead atoms. The number of rotatable bonds is 4. The number of anilines is 1. The van der Waals surface area contributed by atoms with E-state index in [0.717, 1.165) is 23.2 Å². The smallest absolute Gasteiger partial charge is 0.101 e. The second-order valence-corrected chi connectivity index (χ2v) is 5.82. The van der Waals surface area contributed by atoms with Gasteiger partial charge in [0, 0.05) is 23.1 Å². The maximum absolute atomic E-state index is 9.00. The zero-order valence-corrected chi connectivity index (χ0v) is 12.1. The van der Waals surface area contributed by atoms with Crippen LogP contribution in [0.15, 0.2) is 22.7 Å². The zero-order valence-electron chi connectivity index (χ0n) is 10.5. The van der Waals surface area contributed by atoms with E-state index >= 15 is 0 Å². The average Bonchev–Trinajstić information content (AvgIpc) is 2.24. The summed E-state index contributed by atoms with van der Waals surface area (Å²) in [5.74, 6) is 0. The van der Waals surface area contributed by atoms with Gasteiger partial charge in [0.25, 0.3) is 0 Å². The van der Waals surface area contributed by atoms with Gasteiger partial charge in [-0.2, -0.15) is 5.26 Å². The van der Waals surface area contributed by atoms with E-state index in [9.17, 15) is 0 Å². The molecule has 1 aromatic rings. The van der Waals surface area contributed by atoms with Crippen molar-refractivity contribution in [2.45, 2.75) is 26.3 Å². The summed E-state index contributed by atoms with van der Waals surface area (Å²) in [5.41, 5.74) is 1.67. The fraction of sp³-hybridized carbons (Fsp3) is 0.462. The lowest BCUT2D eigenvalue weighted by molar-refractivity contribution is 0.435. The number of nitriles is 1. The highest BCUT2D eigenvalue weighted by molar-refractivity contribution is 9.10. The molecule has 0 saturated carbocycles. The molecule has 0 aromatic heterocycles. The summed E-state index contributed by atoms with van der Waals surface area (Å²) in [6, 6.07) is 7.85. The summed E-state index contributed by atoms with van der Waals surface area (Å²) in [4.78, 5) is 0. The molecule has 0 aliphatic rings. The first kappa shape index (κ1) is 14.0. The van der Waals surface area contributed by atoms with E-state index in [2.05, 4.69) is 53.4 Å². The highest BCUT2D eigenvalue weighted by atomic mass is 79.9. The molecule has 0 atom stereocenters. The summed E-state index contributed by atoms with van der Waals surface area (Å²) in [6.45, 7) is 8.06. The normalized spacial score (nSPS) is 11.0. The molecular weight excluding hydrogens is 278 g/mol. The maximum atomic E-state index is 9.00. The maximum Gasteiger partial charge on any atom is 0.101 e. The largest absolute Gasteiger partial charge is 0.383 e. The Morgan fingerprint density at radius 1 is 1.29 bits per heavy atom. The first-order valence-electron chi connectivity index (χ1n) is 5.61. The van der Waals surface area contributed by atoms with Gasteiger partial charge < -0.3 is 10.6 Å². The Morgan fingerprint density at radius 2 is 2.00 bits per heavy atom. The standard InChI is InChI=1S/C13H18BrN3/c1-13(2,3)17-7-6-16-12-5-4-11(14)8-10(12)9-15/h4-5,8,16-17H,6-7H2,1-3H3. The fourth-order valence-electron chi connectivity index (χ4n) is 1.40. The molecule has 0 unspecified atom stereocenters. The van der Waals surface area contributed by atoms with Crippen LogP contribution in [0.4, 0.5) is 5.69 Å². The van der Waals surface area contributed by atoms with E-state index in [0.29, 0.717) is 5.56 Å². The Bertz CT molecular complexity index is 416. The molecule has 0 fully saturated rings. The molecular formula is C13H18BrN3. The van der Waals surface area contributed by atoms with E-state index in [1.165, 1.54) is 0 Å². The van der Waals surface area contributed by atoms with Crippen molar-refractivity contribution < 1.29 is 0 Å². The SMILES string of the molecule is CC(C)(C)NCCNc1ccc(Br)cc1C#N. The highest BCUT2D eigenvalue weighted by Crippen LogP contribution is 2.19. The van der Waals surface area contributed by atoms with Gasteiger partial charge >= 0.3 is 0 Å². The van der Waals surface area contributed by atoms with Crippen molar-refractivity contribution in [1.29, 1.82) is 5.26 Å². The lowest BCUT2D eigenvalue weighted by Gasteiger charge is -2.20. The molecule has 0 aliphatic carbocycles. The molecule has 92 valence electrons. The van der Waals surface area contributed by atoms with E-state index in [-0.39, 0.29) is 5.54 Å². The van der Waals surface area contributed by atoms with Gasteiger partial charge in [-0.1, -0.05) is 15.9 Å². The number of hydrogen-bond acceptors (Lipinski definition) is 3. The van der Waals surface area contributed by atoms with Crippen LogP contribution in [0.3, 0.4) is 0 Å². The molecule has 0 saturated heterocycles. The second kappa shape index (κ2) is 6.04. The zero-order chi connectivity index (χ0) is 12.9. The molecule has 4 heteroatoms. The highest BCUT2D eigenvalue weighted by Gasteiger charge is 2.07. The van der Waals surface area contributed by atoms with Gasteiger partial charge in [0.05, 0.1) is 11.3 Å². The fourth-order valence-corrected chi connectivity index (χ4v) is 1.76. The van der Waals surface area contributed by atoms with E-state index in [4.69, 9.17) is 5.26 Å². The monoisotopic (exact) mass is 295 g/mol. The van der Waals surface area contributed by atoms with Gasteiger partial charge in [0.2, 0.25) is 0 Å². The molecule has 1 rings (SSSR count). The minimum atomic E-state index is 0.124. The van der Waals surface area contributed by atoms with Crippen LogP contribution in [0.25, 0.3) is 0 Å². The van der Waals surface area contributed by atoms with Gasteiger partial charge in [-0.3, -0.25) is 0 Å². The molecule has 0 spiro atoms. The molecule has 0 radical (unpaired) electrons. The van der Waals surface area contributed by atoms with Crippen molar-refractivity contribution in [3.8, 4) is 6.07 Å². The molecule has 0 heterocycles. The Hall–Kier alpha value is -1.05. The van der Waals surface area contributed by atoms with Crippen molar-refractivity contribution in [1.82, 2.24) is 5.32 Å². The van der Waals surface area contributed by atoms with Gasteiger partial charge in [0.15, 0.2) is 0 Å². The Morgan fingerprint density at radius 3 is 2.59 bits per heavy atom. The summed E-state index contributed by atoms with van der Waals surface area (Å²) in [7, 11) is 0. The van der Waals surface area contributed by atoms with Crippen LogP contribution in [-0.4, -0.2) is 18.6 Å². The van der Waals surface area contributed by atoms with Gasteiger partial charge in [-0.25, -0.2) is 0 Å². The summed E-state index contributed by atoms with van der Waals surface area (Å²) in [6.07, 6.45) is 0. The van der Waals surface area contributed by atoms with E-state index in [1.807, 2.05) is 18.2 Å². The summed E-state index contributed by atoms with van der Waals surface area (Å²) >= 11 is 3.35. The van der Waals surface area contributed by atoms with Crippen LogP contribution in [0, 0.1) is 11.3 Å². The van der Waals surface area contributed by atoms with Crippen molar-refractivity contribution in [3.05, 3.63) is 28.2 Å². The molecule has 0 amide bonds. The number of benzene rings is 1. The quantitative estimate of drug-likeness (QED) is 0.839. The van der Waals surface area contributed by atoms with E-state index < -0.39 is 0 Å². The van der Waals surface area contributed by atoms with Gasteiger partial charge in [-0.15, -0.1) is 0 Å². The predicted molar refractivity (Wildman–Crippen MR) is 75.1 cm³/mol. The first-order chi connectivity index (χ1) is 7.92. The average molecular weight is 296 g/mol. The molecule has 1 aromatic carbocycles. The first-order valence-corrected chi connectivity index (χ1v) is 6.40. The van der Waals surface area contributed by atoms with Crippen molar-refractivity contribution >= 4 is 21.6 Å². The Kier molecular flexibility index (Phi) is 4.98. The van der Waals surface area contributed by atoms with Crippen molar-refractivity contribution in [2.75, 3.05) is 18.4 Å². The third kappa shape index (κ3) is 5.20. The minimum absolute atomic E-state index is 0.124. The van der Waals surface area contributed by atoms with Crippen LogP contribution in [0.2, 0.25) is 0 Å². The Labute approximate surface area is 111 Å². The van der Waals surface area contributed by atoms with Gasteiger partial charge in [-0.05, 0) is 39.0 Å². The molecule has 3 nitrogen and oxygen atoms in total. The van der Waals surface area contributed by atoms with Crippen LogP contribution in [0.1, 0.15) is 26.3 Å². The molecule has 2 N–H and O–H groups in total. The van der Waals surface area contributed by atoms with Crippen LogP contribution in [0.5, 0.6) is 0 Å². The Balaban J connectivity index is 2.50. The van der Waals surface area contributed by atoms with Crippen LogP contribution >= 0.6 is 15.9 Å². The lowest BCUT2D eigenvalue weighted by Crippen LogP contribution is -2.38. The number of halogens is 1. The van der Waals surface area contributed by atoms with Crippen molar-refractivity contribution in [3.63, 3.8) is 0 Å². The van der Waals surface area contributed by atoms with Gasteiger partial charge in [0.1, 0.15) is 6.07 Å². The third-order valence-corrected chi connectivity index (χ3v) is 2.69. The lowest BCUT2D eigenvalue weighted by atomic mass is 10.1. The topological polar surface area (TPSA) is 47.8 Å².